The summed E-state index contributed by atoms with van der Waals surface area (Å²) in [5.74, 6) is 2.97. The number of esters is 1. The van der Waals surface area contributed by atoms with E-state index in [0.717, 1.165) is 42.3 Å². The van der Waals surface area contributed by atoms with Crippen LogP contribution in [0.25, 0.3) is 0 Å². The molecule has 0 spiro atoms. The lowest BCUT2D eigenvalue weighted by Gasteiger charge is -2.23. The number of allylic oxidation sites excluding steroid dienone is 4. The normalized spacial score (nSPS) is 29.0. The number of anilines is 1. The molecule has 6 rings (SSSR count). The van der Waals surface area contributed by atoms with E-state index in [2.05, 4.69) is 41.3 Å². The zero-order valence-corrected chi connectivity index (χ0v) is 17.5. The highest BCUT2D eigenvalue weighted by molar-refractivity contribution is 5.90. The fourth-order valence-corrected chi connectivity index (χ4v) is 6.02. The van der Waals surface area contributed by atoms with Crippen LogP contribution in [0, 0.1) is 29.6 Å². The predicted molar refractivity (Wildman–Crippen MR) is 123 cm³/mol. The van der Waals surface area contributed by atoms with Gasteiger partial charge < -0.3 is 9.64 Å². The summed E-state index contributed by atoms with van der Waals surface area (Å²) in [5, 5.41) is 0. The van der Waals surface area contributed by atoms with Gasteiger partial charge in [0.05, 0.1) is 5.56 Å². The highest BCUT2D eigenvalue weighted by atomic mass is 16.5. The van der Waals surface area contributed by atoms with Gasteiger partial charge in [-0.3, -0.25) is 0 Å². The van der Waals surface area contributed by atoms with Gasteiger partial charge in [0, 0.05) is 24.7 Å². The first-order valence-corrected chi connectivity index (χ1v) is 11.4. The van der Waals surface area contributed by atoms with Gasteiger partial charge in [-0.1, -0.05) is 66.8 Å². The van der Waals surface area contributed by atoms with Gasteiger partial charge in [-0.2, -0.15) is 0 Å². The SMILES string of the molecule is O=C(O[C@H](c1ccccc1)C1C=CC=C1)c1ccc(N2CC3C(C2)[C@H]2C=C[C@@H]3C2)cc1. The minimum absolute atomic E-state index is 0.0682. The molecule has 156 valence electrons. The van der Waals surface area contributed by atoms with Crippen LogP contribution in [0.5, 0.6) is 0 Å². The maximum atomic E-state index is 13.0. The number of carbonyl (C=O) groups is 1. The van der Waals surface area contributed by atoms with Crippen LogP contribution in [0.4, 0.5) is 5.69 Å². The second-order valence-corrected chi connectivity index (χ2v) is 9.31. The molecule has 2 bridgehead atoms. The number of fused-ring (bicyclic) bond motifs is 5. The van der Waals surface area contributed by atoms with Crippen LogP contribution >= 0.6 is 0 Å². The summed E-state index contributed by atoms with van der Waals surface area (Å²) in [6, 6.07) is 18.0. The highest BCUT2D eigenvalue weighted by Crippen LogP contribution is 2.51. The second-order valence-electron chi connectivity index (χ2n) is 9.31. The van der Waals surface area contributed by atoms with Crippen molar-refractivity contribution in [2.75, 3.05) is 18.0 Å². The number of carbonyl (C=O) groups excluding carboxylic acids is 1. The van der Waals surface area contributed by atoms with Crippen LogP contribution in [0.15, 0.2) is 91.1 Å². The lowest BCUT2D eigenvalue weighted by molar-refractivity contribution is 0.0238. The van der Waals surface area contributed by atoms with Gasteiger partial charge in [0.25, 0.3) is 0 Å². The first kappa shape index (κ1) is 18.7. The number of benzene rings is 2. The zero-order valence-electron chi connectivity index (χ0n) is 17.5. The van der Waals surface area contributed by atoms with E-state index in [1.165, 1.54) is 12.1 Å². The largest absolute Gasteiger partial charge is 0.453 e. The molecular formula is C28H27NO2. The summed E-state index contributed by atoms with van der Waals surface area (Å²) >= 11 is 0. The minimum Gasteiger partial charge on any atom is -0.453 e. The van der Waals surface area contributed by atoms with Crippen LogP contribution < -0.4 is 4.90 Å². The maximum absolute atomic E-state index is 13.0. The van der Waals surface area contributed by atoms with Crippen molar-refractivity contribution in [3.05, 3.63) is 102 Å². The van der Waals surface area contributed by atoms with Crippen LogP contribution in [-0.2, 0) is 4.74 Å². The summed E-state index contributed by atoms with van der Waals surface area (Å²) in [4.78, 5) is 15.5. The quantitative estimate of drug-likeness (QED) is 0.477. The van der Waals surface area contributed by atoms with Gasteiger partial charge in [-0.05, 0) is 59.9 Å². The first-order valence-electron chi connectivity index (χ1n) is 11.4. The van der Waals surface area contributed by atoms with Crippen molar-refractivity contribution in [2.24, 2.45) is 29.6 Å². The molecular weight excluding hydrogens is 382 g/mol. The Hall–Kier alpha value is -3.07. The number of nitrogens with zero attached hydrogens (tertiary/aromatic N) is 1. The summed E-state index contributed by atoms with van der Waals surface area (Å²) < 4.78 is 6.01. The van der Waals surface area contributed by atoms with E-state index in [9.17, 15) is 4.79 Å². The van der Waals surface area contributed by atoms with Crippen molar-refractivity contribution < 1.29 is 9.53 Å². The van der Waals surface area contributed by atoms with Gasteiger partial charge in [0.2, 0.25) is 0 Å². The second kappa shape index (κ2) is 7.56. The lowest BCUT2D eigenvalue weighted by atomic mass is 9.86. The monoisotopic (exact) mass is 409 g/mol. The summed E-state index contributed by atoms with van der Waals surface area (Å²) in [6.45, 7) is 2.27. The fourth-order valence-electron chi connectivity index (χ4n) is 6.02. The van der Waals surface area contributed by atoms with Crippen molar-refractivity contribution in [3.63, 3.8) is 0 Å². The van der Waals surface area contributed by atoms with E-state index >= 15 is 0 Å². The molecule has 3 nitrogen and oxygen atoms in total. The van der Waals surface area contributed by atoms with Crippen LogP contribution in [0.1, 0.15) is 28.4 Å². The summed E-state index contributed by atoms with van der Waals surface area (Å²) in [5.41, 5.74) is 2.84. The third kappa shape index (κ3) is 3.33. The van der Waals surface area contributed by atoms with Crippen molar-refractivity contribution in [1.82, 2.24) is 0 Å². The molecule has 4 aliphatic rings. The average molecular weight is 410 g/mol. The van der Waals surface area contributed by atoms with Crippen molar-refractivity contribution in [1.29, 1.82) is 0 Å². The number of hydrogen-bond acceptors (Lipinski definition) is 3. The van der Waals surface area contributed by atoms with Gasteiger partial charge in [0.15, 0.2) is 0 Å². The third-order valence-corrected chi connectivity index (χ3v) is 7.62. The predicted octanol–water partition coefficient (Wildman–Crippen LogP) is 5.59. The smallest absolute Gasteiger partial charge is 0.338 e. The van der Waals surface area contributed by atoms with E-state index < -0.39 is 0 Å². The molecule has 1 aliphatic heterocycles. The molecule has 1 saturated carbocycles. The Labute approximate surface area is 183 Å². The zero-order chi connectivity index (χ0) is 20.8. The molecule has 2 aromatic rings. The molecule has 0 amide bonds. The number of rotatable bonds is 5. The standard InChI is InChI=1S/C28H27NO2/c30-28(31-27(20-8-4-5-9-20)19-6-2-1-3-7-19)21-12-14-24(15-13-21)29-17-25-22-10-11-23(16-22)26(25)18-29/h1-15,20,22-23,25-27H,16-18H2/t22-,23+,25?,26?,27-/m1/s1. The van der Waals surface area contributed by atoms with Gasteiger partial charge in [0.1, 0.15) is 6.10 Å². The molecule has 3 heteroatoms. The fraction of sp³-hybridized carbons (Fsp3) is 0.321. The van der Waals surface area contributed by atoms with E-state index in [1.54, 1.807) is 0 Å². The molecule has 1 heterocycles. The topological polar surface area (TPSA) is 29.5 Å². The Morgan fingerprint density at radius 1 is 0.839 bits per heavy atom. The van der Waals surface area contributed by atoms with Crippen molar-refractivity contribution in [2.45, 2.75) is 12.5 Å². The molecule has 0 radical (unpaired) electrons. The Kier molecular flexibility index (Phi) is 4.56. The lowest BCUT2D eigenvalue weighted by Crippen LogP contribution is -2.22. The van der Waals surface area contributed by atoms with Crippen LogP contribution in [0.3, 0.4) is 0 Å². The van der Waals surface area contributed by atoms with E-state index in [4.69, 9.17) is 4.74 Å². The van der Waals surface area contributed by atoms with Gasteiger partial charge in [-0.25, -0.2) is 4.79 Å². The Morgan fingerprint density at radius 2 is 1.48 bits per heavy atom. The molecule has 0 aromatic heterocycles. The molecule has 1 saturated heterocycles. The van der Waals surface area contributed by atoms with E-state index in [-0.39, 0.29) is 18.0 Å². The van der Waals surface area contributed by atoms with Crippen molar-refractivity contribution in [3.8, 4) is 0 Å². The molecule has 2 aromatic carbocycles. The van der Waals surface area contributed by atoms with Gasteiger partial charge in [-0.15, -0.1) is 0 Å². The Balaban J connectivity index is 1.16. The summed E-state index contributed by atoms with van der Waals surface area (Å²) in [7, 11) is 0. The Bertz CT molecular complexity index is 1020. The highest BCUT2D eigenvalue weighted by Gasteiger charge is 2.49. The third-order valence-electron chi connectivity index (χ3n) is 7.62. The molecule has 2 unspecified atom stereocenters. The van der Waals surface area contributed by atoms with Crippen molar-refractivity contribution >= 4 is 11.7 Å². The maximum Gasteiger partial charge on any atom is 0.338 e. The number of ether oxygens (including phenoxy) is 1. The van der Waals surface area contributed by atoms with Crippen LogP contribution in [0.2, 0.25) is 0 Å². The first-order chi connectivity index (χ1) is 15.3. The molecule has 5 atom stereocenters. The van der Waals surface area contributed by atoms with E-state index in [0.29, 0.717) is 5.56 Å². The average Bonchev–Trinajstić information content (AvgIpc) is 3.60. The molecule has 3 aliphatic carbocycles. The minimum atomic E-state index is -0.315. The van der Waals surface area contributed by atoms with E-state index in [1.807, 2.05) is 54.6 Å². The molecule has 2 fully saturated rings. The summed E-state index contributed by atoms with van der Waals surface area (Å²) in [6.07, 6.45) is 14.1. The molecule has 31 heavy (non-hydrogen) atoms. The van der Waals surface area contributed by atoms with Crippen LogP contribution in [-0.4, -0.2) is 19.1 Å². The van der Waals surface area contributed by atoms with Gasteiger partial charge >= 0.3 is 5.97 Å². The Morgan fingerprint density at radius 3 is 2.13 bits per heavy atom. The molecule has 0 N–H and O–H groups in total. The number of hydrogen-bond donors (Lipinski definition) is 0.